The van der Waals surface area contributed by atoms with Gasteiger partial charge >= 0.3 is 0 Å². The first-order valence-electron chi connectivity index (χ1n) is 6.45. The normalized spacial score (nSPS) is 10.8. The molecule has 0 unspecified atom stereocenters. The number of aromatic nitrogens is 3. The van der Waals surface area contributed by atoms with E-state index in [1.807, 2.05) is 6.92 Å². The van der Waals surface area contributed by atoms with Crippen LogP contribution in [0, 0.1) is 5.82 Å². The molecule has 0 amide bonds. The molecule has 0 fully saturated rings. The number of hydrogen-bond acceptors (Lipinski definition) is 5. The van der Waals surface area contributed by atoms with Crippen LogP contribution in [-0.4, -0.2) is 20.2 Å². The van der Waals surface area contributed by atoms with Gasteiger partial charge in [-0.05, 0) is 36.2 Å². The van der Waals surface area contributed by atoms with Gasteiger partial charge in [0.1, 0.15) is 11.6 Å². The van der Waals surface area contributed by atoms with E-state index in [0.29, 0.717) is 5.82 Å². The van der Waals surface area contributed by atoms with E-state index in [-0.39, 0.29) is 17.2 Å². The third-order valence-corrected chi connectivity index (χ3v) is 3.14. The van der Waals surface area contributed by atoms with E-state index < -0.39 is 5.82 Å². The van der Waals surface area contributed by atoms with Gasteiger partial charge in [-0.15, -0.1) is 0 Å². The summed E-state index contributed by atoms with van der Waals surface area (Å²) in [5.74, 6) is -0.147. The van der Waals surface area contributed by atoms with Crippen molar-refractivity contribution in [2.45, 2.75) is 13.3 Å². The van der Waals surface area contributed by atoms with Crippen LogP contribution in [0.5, 0.6) is 5.75 Å². The van der Waals surface area contributed by atoms with Gasteiger partial charge in [-0.2, -0.15) is 4.98 Å². The van der Waals surface area contributed by atoms with Crippen LogP contribution in [0.15, 0.2) is 41.2 Å². The quantitative estimate of drug-likeness (QED) is 0.800. The number of aryl methyl sites for hydroxylation is 1. The molecule has 0 atom stereocenters. The van der Waals surface area contributed by atoms with Crippen molar-refractivity contribution in [1.82, 2.24) is 15.1 Å². The molecule has 0 aliphatic rings. The molecule has 0 aliphatic carbocycles. The molecule has 1 aromatic carbocycles. The monoisotopic (exact) mass is 285 g/mol. The molecule has 3 aromatic rings. The SMILES string of the molecule is CCc1cnccc1-c1noc(-c2cc(F)ccc2O)n1. The number of hydrogen-bond donors (Lipinski definition) is 1. The second kappa shape index (κ2) is 5.32. The Kier molecular flexibility index (Phi) is 3.35. The Bertz CT molecular complexity index is 786. The van der Waals surface area contributed by atoms with Crippen LogP contribution in [0.3, 0.4) is 0 Å². The van der Waals surface area contributed by atoms with E-state index in [0.717, 1.165) is 29.7 Å². The van der Waals surface area contributed by atoms with E-state index in [4.69, 9.17) is 4.52 Å². The van der Waals surface area contributed by atoms with Crippen molar-refractivity contribution >= 4 is 0 Å². The molecular formula is C15H12FN3O2. The molecular weight excluding hydrogens is 273 g/mol. The Morgan fingerprint density at radius 3 is 2.90 bits per heavy atom. The number of benzene rings is 1. The molecule has 21 heavy (non-hydrogen) atoms. The van der Waals surface area contributed by atoms with Crippen LogP contribution in [-0.2, 0) is 6.42 Å². The van der Waals surface area contributed by atoms with Crippen molar-refractivity contribution in [1.29, 1.82) is 0 Å². The fourth-order valence-corrected chi connectivity index (χ4v) is 2.05. The van der Waals surface area contributed by atoms with Crippen LogP contribution >= 0.6 is 0 Å². The van der Waals surface area contributed by atoms with Gasteiger partial charge in [0, 0.05) is 18.0 Å². The largest absolute Gasteiger partial charge is 0.507 e. The van der Waals surface area contributed by atoms with Gasteiger partial charge in [-0.25, -0.2) is 4.39 Å². The van der Waals surface area contributed by atoms with Crippen LogP contribution < -0.4 is 0 Å². The minimum absolute atomic E-state index is 0.0702. The number of phenols is 1. The molecule has 0 radical (unpaired) electrons. The number of pyridine rings is 1. The number of rotatable bonds is 3. The third kappa shape index (κ3) is 2.47. The molecule has 0 aliphatic heterocycles. The van der Waals surface area contributed by atoms with Crippen molar-refractivity contribution in [2.75, 3.05) is 0 Å². The van der Waals surface area contributed by atoms with E-state index in [9.17, 15) is 9.50 Å². The number of phenolic OH excluding ortho intramolecular Hbond substituents is 1. The highest BCUT2D eigenvalue weighted by Crippen LogP contribution is 2.30. The van der Waals surface area contributed by atoms with Crippen molar-refractivity contribution in [3.05, 3.63) is 48.0 Å². The smallest absolute Gasteiger partial charge is 0.262 e. The summed E-state index contributed by atoms with van der Waals surface area (Å²) in [5.41, 5.74) is 1.95. The van der Waals surface area contributed by atoms with Gasteiger partial charge in [0.2, 0.25) is 5.82 Å². The average Bonchev–Trinajstić information content (AvgIpc) is 2.99. The number of halogens is 1. The lowest BCUT2D eigenvalue weighted by atomic mass is 10.1. The summed E-state index contributed by atoms with van der Waals surface area (Å²) in [7, 11) is 0. The van der Waals surface area contributed by atoms with E-state index in [1.54, 1.807) is 18.5 Å². The summed E-state index contributed by atoms with van der Waals surface area (Å²) >= 11 is 0. The number of aromatic hydroxyl groups is 1. The van der Waals surface area contributed by atoms with Crippen molar-refractivity contribution in [3.8, 4) is 28.6 Å². The Morgan fingerprint density at radius 1 is 1.24 bits per heavy atom. The van der Waals surface area contributed by atoms with Crippen LogP contribution in [0.2, 0.25) is 0 Å². The Labute approximate surface area is 120 Å². The predicted molar refractivity (Wildman–Crippen MR) is 74.0 cm³/mol. The second-order valence-corrected chi connectivity index (χ2v) is 4.47. The Hall–Kier alpha value is -2.76. The fraction of sp³-hybridized carbons (Fsp3) is 0.133. The maximum Gasteiger partial charge on any atom is 0.262 e. The highest BCUT2D eigenvalue weighted by molar-refractivity contribution is 5.66. The van der Waals surface area contributed by atoms with E-state index in [1.165, 1.54) is 6.07 Å². The average molecular weight is 285 g/mol. The minimum Gasteiger partial charge on any atom is -0.507 e. The molecule has 3 rings (SSSR count). The molecule has 1 N–H and O–H groups in total. The molecule has 2 aromatic heterocycles. The zero-order chi connectivity index (χ0) is 14.8. The summed E-state index contributed by atoms with van der Waals surface area (Å²) in [6.07, 6.45) is 4.16. The highest BCUT2D eigenvalue weighted by Gasteiger charge is 2.16. The topological polar surface area (TPSA) is 72.0 Å². The molecule has 2 heterocycles. The fourth-order valence-electron chi connectivity index (χ4n) is 2.05. The molecule has 0 bridgehead atoms. The van der Waals surface area contributed by atoms with Gasteiger partial charge in [-0.3, -0.25) is 4.98 Å². The summed E-state index contributed by atoms with van der Waals surface area (Å²) in [5, 5.41) is 13.7. The molecule has 106 valence electrons. The minimum atomic E-state index is -0.485. The van der Waals surface area contributed by atoms with E-state index >= 15 is 0 Å². The van der Waals surface area contributed by atoms with E-state index in [2.05, 4.69) is 15.1 Å². The first-order valence-corrected chi connectivity index (χ1v) is 6.45. The highest BCUT2D eigenvalue weighted by atomic mass is 19.1. The zero-order valence-electron chi connectivity index (χ0n) is 11.2. The van der Waals surface area contributed by atoms with Crippen LogP contribution in [0.4, 0.5) is 4.39 Å². The first-order chi connectivity index (χ1) is 10.2. The van der Waals surface area contributed by atoms with Crippen LogP contribution in [0.25, 0.3) is 22.8 Å². The van der Waals surface area contributed by atoms with Crippen LogP contribution in [0.1, 0.15) is 12.5 Å². The molecule has 0 saturated heterocycles. The third-order valence-electron chi connectivity index (χ3n) is 3.14. The Morgan fingerprint density at radius 2 is 2.10 bits per heavy atom. The van der Waals surface area contributed by atoms with Gasteiger partial charge < -0.3 is 9.63 Å². The maximum atomic E-state index is 13.3. The van der Waals surface area contributed by atoms with Crippen molar-refractivity contribution in [2.24, 2.45) is 0 Å². The lowest BCUT2D eigenvalue weighted by molar-refractivity contribution is 0.425. The summed E-state index contributed by atoms with van der Waals surface area (Å²) in [6.45, 7) is 2.00. The molecule has 0 spiro atoms. The lowest BCUT2D eigenvalue weighted by Crippen LogP contribution is -1.90. The zero-order valence-corrected chi connectivity index (χ0v) is 11.2. The van der Waals surface area contributed by atoms with Gasteiger partial charge in [0.25, 0.3) is 5.89 Å². The lowest BCUT2D eigenvalue weighted by Gasteiger charge is -2.01. The van der Waals surface area contributed by atoms with Gasteiger partial charge in [0.05, 0.1) is 5.56 Å². The number of nitrogens with zero attached hydrogens (tertiary/aromatic N) is 3. The van der Waals surface area contributed by atoms with Gasteiger partial charge in [-0.1, -0.05) is 12.1 Å². The first kappa shape index (κ1) is 13.2. The standard InChI is InChI=1S/C15H12FN3O2/c1-2-9-8-17-6-5-11(9)14-18-15(21-19-14)12-7-10(16)3-4-13(12)20/h3-8,20H,2H2,1H3. The molecule has 5 nitrogen and oxygen atoms in total. The van der Waals surface area contributed by atoms with Gasteiger partial charge in [0.15, 0.2) is 0 Å². The van der Waals surface area contributed by atoms with Crippen molar-refractivity contribution in [3.63, 3.8) is 0 Å². The molecule has 0 saturated carbocycles. The van der Waals surface area contributed by atoms with Crippen molar-refractivity contribution < 1.29 is 14.0 Å². The predicted octanol–water partition coefficient (Wildman–Crippen LogP) is 3.21. The Balaban J connectivity index is 2.06. The second-order valence-electron chi connectivity index (χ2n) is 4.47. The maximum absolute atomic E-state index is 13.3. The summed E-state index contributed by atoms with van der Waals surface area (Å²) in [4.78, 5) is 8.29. The summed E-state index contributed by atoms with van der Waals surface area (Å²) in [6, 6.07) is 5.35. The molecule has 6 heteroatoms. The summed E-state index contributed by atoms with van der Waals surface area (Å²) < 4.78 is 18.4.